The Morgan fingerprint density at radius 3 is 1.45 bits per heavy atom. The summed E-state index contributed by atoms with van der Waals surface area (Å²) in [7, 11) is 0. The molecule has 2 aromatic rings. The predicted molar refractivity (Wildman–Crippen MR) is 120 cm³/mol. The lowest BCUT2D eigenvalue weighted by atomic mass is 10.2. The van der Waals surface area contributed by atoms with E-state index in [0.717, 1.165) is 6.42 Å². The lowest BCUT2D eigenvalue weighted by Crippen LogP contribution is -2.46. The van der Waals surface area contributed by atoms with Gasteiger partial charge in [-0.2, -0.15) is 0 Å². The second kappa shape index (κ2) is 11.4. The van der Waals surface area contributed by atoms with E-state index in [1.54, 1.807) is 0 Å². The van der Waals surface area contributed by atoms with Gasteiger partial charge >= 0.3 is 0 Å². The van der Waals surface area contributed by atoms with Crippen LogP contribution in [0.3, 0.4) is 0 Å². The van der Waals surface area contributed by atoms with Crippen LogP contribution in [0.2, 0.25) is 0 Å². The Balaban J connectivity index is 1.58. The van der Waals surface area contributed by atoms with Gasteiger partial charge < -0.3 is 19.3 Å². The van der Waals surface area contributed by atoms with Crippen LogP contribution in [0.15, 0.2) is 60.7 Å². The molecule has 0 spiro atoms. The van der Waals surface area contributed by atoms with Crippen molar-refractivity contribution in [3.8, 4) is 11.5 Å². The molecule has 2 aromatic carbocycles. The van der Waals surface area contributed by atoms with Crippen LogP contribution in [-0.4, -0.2) is 60.0 Å². The minimum absolute atomic E-state index is 0.0202. The first-order chi connectivity index (χ1) is 15.1. The Labute approximate surface area is 184 Å². The Morgan fingerprint density at radius 1 is 0.710 bits per heavy atom. The number of carbonyl (C=O) groups is 2. The van der Waals surface area contributed by atoms with Gasteiger partial charge in [0, 0.05) is 26.2 Å². The molecule has 0 bridgehead atoms. The number of carbonyl (C=O) groups excluding carboxylic acids is 2. The van der Waals surface area contributed by atoms with E-state index in [1.165, 1.54) is 0 Å². The summed E-state index contributed by atoms with van der Waals surface area (Å²) in [5.74, 6) is 1.35. The number of amides is 2. The molecular weight excluding hydrogens is 392 g/mol. The van der Waals surface area contributed by atoms with Crippen molar-refractivity contribution < 1.29 is 19.1 Å². The average molecular weight is 425 g/mol. The minimum Gasteiger partial charge on any atom is -0.481 e. The summed E-state index contributed by atoms with van der Waals surface area (Å²) in [4.78, 5) is 29.8. The molecule has 0 aliphatic carbocycles. The lowest BCUT2D eigenvalue weighted by molar-refractivity contribution is -0.141. The summed E-state index contributed by atoms with van der Waals surface area (Å²) in [5.41, 5.74) is 0. The van der Waals surface area contributed by atoms with Gasteiger partial charge in [0.2, 0.25) is 0 Å². The number of ether oxygens (including phenoxy) is 2. The zero-order chi connectivity index (χ0) is 22.1. The van der Waals surface area contributed by atoms with Crippen molar-refractivity contribution in [3.63, 3.8) is 0 Å². The van der Waals surface area contributed by atoms with Gasteiger partial charge in [0.05, 0.1) is 0 Å². The number of rotatable bonds is 8. The summed E-state index contributed by atoms with van der Waals surface area (Å²) < 4.78 is 11.8. The van der Waals surface area contributed by atoms with Crippen LogP contribution in [0, 0.1) is 0 Å². The van der Waals surface area contributed by atoms with Crippen LogP contribution in [-0.2, 0) is 9.59 Å². The van der Waals surface area contributed by atoms with Crippen molar-refractivity contribution in [1.29, 1.82) is 0 Å². The Hall–Kier alpha value is -3.02. The van der Waals surface area contributed by atoms with E-state index in [0.29, 0.717) is 50.5 Å². The lowest BCUT2D eigenvalue weighted by Gasteiger charge is -2.27. The summed E-state index contributed by atoms with van der Waals surface area (Å²) in [6.07, 6.45) is 0.885. The normalized spacial score (nSPS) is 16.2. The van der Waals surface area contributed by atoms with Crippen LogP contribution in [0.4, 0.5) is 0 Å². The molecule has 2 atom stereocenters. The van der Waals surface area contributed by atoms with E-state index in [2.05, 4.69) is 0 Å². The molecule has 0 saturated carbocycles. The van der Waals surface area contributed by atoms with Gasteiger partial charge in [0.25, 0.3) is 11.8 Å². The van der Waals surface area contributed by atoms with Crippen LogP contribution >= 0.6 is 0 Å². The largest absolute Gasteiger partial charge is 0.481 e. The Morgan fingerprint density at radius 2 is 1.10 bits per heavy atom. The van der Waals surface area contributed by atoms with Gasteiger partial charge in [-0.15, -0.1) is 0 Å². The third-order valence-electron chi connectivity index (χ3n) is 5.45. The first kappa shape index (κ1) is 22.7. The van der Waals surface area contributed by atoms with E-state index in [9.17, 15) is 9.59 Å². The maximum atomic E-state index is 13.1. The van der Waals surface area contributed by atoms with Gasteiger partial charge in [0.15, 0.2) is 12.2 Å². The summed E-state index contributed by atoms with van der Waals surface area (Å²) >= 11 is 0. The van der Waals surface area contributed by atoms with Gasteiger partial charge in [0.1, 0.15) is 11.5 Å². The first-order valence-corrected chi connectivity index (χ1v) is 11.1. The highest BCUT2D eigenvalue weighted by atomic mass is 16.5. The fourth-order valence-electron chi connectivity index (χ4n) is 3.71. The molecule has 0 aromatic heterocycles. The summed E-state index contributed by atoms with van der Waals surface area (Å²) in [6, 6.07) is 18.8. The summed E-state index contributed by atoms with van der Waals surface area (Å²) in [5, 5.41) is 0. The smallest absolute Gasteiger partial charge is 0.263 e. The Bertz CT molecular complexity index is 758. The van der Waals surface area contributed by atoms with Crippen molar-refractivity contribution in [2.24, 2.45) is 0 Å². The second-order valence-corrected chi connectivity index (χ2v) is 7.66. The highest BCUT2D eigenvalue weighted by Crippen LogP contribution is 2.17. The second-order valence-electron chi connectivity index (χ2n) is 7.66. The molecule has 2 amide bonds. The molecule has 166 valence electrons. The third kappa shape index (κ3) is 6.23. The molecule has 1 saturated heterocycles. The van der Waals surface area contributed by atoms with Gasteiger partial charge in [-0.3, -0.25) is 9.59 Å². The Kier molecular flexibility index (Phi) is 8.33. The van der Waals surface area contributed by atoms with E-state index in [4.69, 9.17) is 9.47 Å². The fraction of sp³-hybridized carbons (Fsp3) is 0.440. The van der Waals surface area contributed by atoms with Crippen LogP contribution in [0.25, 0.3) is 0 Å². The minimum atomic E-state index is -0.519. The molecular formula is C25H32N2O4. The third-order valence-corrected chi connectivity index (χ3v) is 5.45. The molecule has 0 N–H and O–H groups in total. The van der Waals surface area contributed by atoms with Crippen LogP contribution in [0.1, 0.15) is 33.1 Å². The molecule has 0 radical (unpaired) electrons. The van der Waals surface area contributed by atoms with Crippen molar-refractivity contribution >= 4 is 11.8 Å². The van der Waals surface area contributed by atoms with Gasteiger partial charge in [-0.05, 0) is 43.5 Å². The van der Waals surface area contributed by atoms with Crippen LogP contribution < -0.4 is 9.47 Å². The first-order valence-electron chi connectivity index (χ1n) is 11.1. The van der Waals surface area contributed by atoms with E-state index >= 15 is 0 Å². The van der Waals surface area contributed by atoms with Crippen molar-refractivity contribution in [3.05, 3.63) is 60.7 Å². The predicted octanol–water partition coefficient (Wildman–Crippen LogP) is 3.76. The van der Waals surface area contributed by atoms with Crippen molar-refractivity contribution in [2.45, 2.75) is 45.3 Å². The average Bonchev–Trinajstić information content (AvgIpc) is 3.08. The molecule has 6 heteroatoms. The molecule has 1 aliphatic rings. The highest BCUT2D eigenvalue weighted by Gasteiger charge is 2.30. The highest BCUT2D eigenvalue weighted by molar-refractivity contribution is 5.83. The number of hydrogen-bond donors (Lipinski definition) is 0. The number of hydrogen-bond acceptors (Lipinski definition) is 4. The monoisotopic (exact) mass is 424 g/mol. The van der Waals surface area contributed by atoms with E-state index in [1.807, 2.05) is 84.3 Å². The van der Waals surface area contributed by atoms with Crippen molar-refractivity contribution in [2.75, 3.05) is 26.2 Å². The maximum absolute atomic E-state index is 13.1. The fourth-order valence-corrected chi connectivity index (χ4v) is 3.71. The van der Waals surface area contributed by atoms with Gasteiger partial charge in [-0.1, -0.05) is 50.2 Å². The quantitative estimate of drug-likeness (QED) is 0.647. The van der Waals surface area contributed by atoms with E-state index in [-0.39, 0.29) is 11.8 Å². The standard InChI is InChI=1S/C25H32N2O4/c1-3-22(30-20-12-7-5-8-13-20)24(28)26-16-11-17-27(19-18-26)25(29)23(4-2)31-21-14-9-6-10-15-21/h5-10,12-15,22-23H,3-4,11,16-19H2,1-2H3/t22-,23+. The van der Waals surface area contributed by atoms with Gasteiger partial charge in [-0.25, -0.2) is 0 Å². The van der Waals surface area contributed by atoms with Crippen LogP contribution in [0.5, 0.6) is 11.5 Å². The molecule has 0 unspecified atom stereocenters. The number of nitrogens with zero attached hydrogens (tertiary/aromatic N) is 2. The molecule has 3 rings (SSSR count). The topological polar surface area (TPSA) is 59.1 Å². The zero-order valence-corrected chi connectivity index (χ0v) is 18.4. The molecule has 31 heavy (non-hydrogen) atoms. The zero-order valence-electron chi connectivity index (χ0n) is 18.4. The maximum Gasteiger partial charge on any atom is 0.263 e. The van der Waals surface area contributed by atoms with E-state index < -0.39 is 12.2 Å². The molecule has 1 aliphatic heterocycles. The molecule has 1 fully saturated rings. The molecule has 1 heterocycles. The number of para-hydroxylation sites is 2. The summed E-state index contributed by atoms with van der Waals surface area (Å²) in [6.45, 7) is 6.14. The molecule has 6 nitrogen and oxygen atoms in total. The SMILES string of the molecule is CC[C@H](Oc1ccccc1)C(=O)N1CCCN(C(=O)[C@@H](CC)Oc2ccccc2)CC1. The number of benzene rings is 2. The van der Waals surface area contributed by atoms with Crippen molar-refractivity contribution in [1.82, 2.24) is 9.80 Å².